The molecular weight excluding hydrogens is 466 g/mol. The zero-order valence-electron chi connectivity index (χ0n) is 22.2. The number of hydrogen-bond donors (Lipinski definition) is 0. The molecule has 12 heteroatoms. The maximum atomic E-state index is 6.88. The molecule has 0 amide bonds. The molecule has 0 saturated carbocycles. The number of aromatic nitrogens is 7. The lowest BCUT2D eigenvalue weighted by Gasteiger charge is -2.40. The fourth-order valence-electron chi connectivity index (χ4n) is 3.59. The van der Waals surface area contributed by atoms with Crippen molar-refractivity contribution in [2.45, 2.75) is 103 Å². The van der Waals surface area contributed by atoms with Crippen LogP contribution in [0.2, 0.25) is 36.3 Å². The molecule has 1 fully saturated rings. The first-order valence-electron chi connectivity index (χ1n) is 12.0. The van der Waals surface area contributed by atoms with E-state index in [1.807, 2.05) is 4.57 Å². The highest BCUT2D eigenvalue weighted by atomic mass is 28.4. The molecule has 0 spiro atoms. The van der Waals surface area contributed by atoms with Crippen molar-refractivity contribution >= 4 is 33.4 Å². The normalized spacial score (nSPS) is 22.8. The summed E-state index contributed by atoms with van der Waals surface area (Å²) >= 11 is 0. The fourth-order valence-corrected chi connectivity index (χ4v) is 5.97. The van der Waals surface area contributed by atoms with E-state index in [4.69, 9.17) is 13.6 Å². The lowest BCUT2D eigenvalue weighted by Crippen LogP contribution is -2.48. The number of fused-ring (bicyclic) bond motifs is 3. The molecule has 0 aliphatic carbocycles. The second-order valence-corrected chi connectivity index (χ2v) is 21.9. The topological polar surface area (TPSA) is 101 Å². The van der Waals surface area contributed by atoms with Gasteiger partial charge >= 0.3 is 0 Å². The predicted octanol–water partition coefficient (Wildman–Crippen LogP) is 4.57. The van der Waals surface area contributed by atoms with Crippen LogP contribution in [0, 0.1) is 0 Å². The third-order valence-electron chi connectivity index (χ3n) is 7.92. The van der Waals surface area contributed by atoms with Gasteiger partial charge in [0.25, 0.3) is 0 Å². The van der Waals surface area contributed by atoms with E-state index in [9.17, 15) is 0 Å². The second kappa shape index (κ2) is 8.44. The van der Waals surface area contributed by atoms with Crippen molar-refractivity contribution in [1.29, 1.82) is 0 Å². The van der Waals surface area contributed by atoms with Crippen LogP contribution in [0.1, 0.15) is 54.2 Å². The Hall–Kier alpha value is -1.74. The van der Waals surface area contributed by atoms with Gasteiger partial charge in [-0.2, -0.15) is 4.52 Å². The van der Waals surface area contributed by atoms with Crippen molar-refractivity contribution in [2.75, 3.05) is 6.61 Å². The molecule has 0 radical (unpaired) electrons. The van der Waals surface area contributed by atoms with Gasteiger partial charge < -0.3 is 13.6 Å². The van der Waals surface area contributed by atoms with Crippen molar-refractivity contribution in [1.82, 2.24) is 34.6 Å². The highest BCUT2D eigenvalue weighted by Crippen LogP contribution is 2.42. The van der Waals surface area contributed by atoms with Crippen LogP contribution in [0.15, 0.2) is 12.7 Å². The summed E-state index contributed by atoms with van der Waals surface area (Å²) in [5.74, 6) is 0. The van der Waals surface area contributed by atoms with Gasteiger partial charge in [0.05, 0.1) is 19.0 Å². The lowest BCUT2D eigenvalue weighted by atomic mass is 10.2. The molecule has 1 aliphatic rings. The number of hydrogen-bond acceptors (Lipinski definition) is 8. The maximum Gasteiger partial charge on any atom is 0.210 e. The number of rotatable bonds is 6. The summed E-state index contributed by atoms with van der Waals surface area (Å²) in [6.07, 6.45) is 3.60. The Morgan fingerprint density at radius 2 is 1.65 bits per heavy atom. The molecule has 10 nitrogen and oxygen atoms in total. The third kappa shape index (κ3) is 4.58. The molecule has 188 valence electrons. The van der Waals surface area contributed by atoms with Crippen molar-refractivity contribution in [3.63, 3.8) is 0 Å². The molecule has 0 bridgehead atoms. The quantitative estimate of drug-likeness (QED) is 0.449. The van der Waals surface area contributed by atoms with Gasteiger partial charge in [-0.15, -0.1) is 5.10 Å². The second-order valence-electron chi connectivity index (χ2n) is 12.4. The van der Waals surface area contributed by atoms with E-state index in [1.165, 1.54) is 4.52 Å². The van der Waals surface area contributed by atoms with Crippen LogP contribution in [0.4, 0.5) is 0 Å². The van der Waals surface area contributed by atoms with Gasteiger partial charge in [0.1, 0.15) is 18.7 Å². The number of nitrogens with zero attached hydrogens (tertiary/aromatic N) is 7. The van der Waals surface area contributed by atoms with Gasteiger partial charge in [-0.05, 0) is 46.7 Å². The molecule has 34 heavy (non-hydrogen) atoms. The minimum Gasteiger partial charge on any atom is -0.414 e. The van der Waals surface area contributed by atoms with Gasteiger partial charge in [-0.25, -0.2) is 9.97 Å². The van der Waals surface area contributed by atoms with Crippen LogP contribution < -0.4 is 0 Å². The molecule has 3 atom stereocenters. The molecule has 1 saturated heterocycles. The molecule has 3 aromatic heterocycles. The monoisotopic (exact) mass is 505 g/mol. The van der Waals surface area contributed by atoms with Crippen LogP contribution >= 0.6 is 0 Å². The Labute approximate surface area is 203 Å². The number of ether oxygens (including phenoxy) is 1. The molecular formula is C22H39N7O3Si2. The molecule has 1 aliphatic heterocycles. The minimum absolute atomic E-state index is 0.0633. The van der Waals surface area contributed by atoms with Crippen LogP contribution in [0.5, 0.6) is 0 Å². The molecule has 0 aromatic carbocycles. The predicted molar refractivity (Wildman–Crippen MR) is 136 cm³/mol. The summed E-state index contributed by atoms with van der Waals surface area (Å²) in [6.45, 7) is 23.2. The van der Waals surface area contributed by atoms with E-state index in [0.717, 1.165) is 0 Å². The standard InChI is InChI=1S/C22H39N7O3Si2/c1-21(2,3)33(7,8)30-12-16-15(32-34(9,10)22(4,5)6)11-17(31-16)28-13-23-18-19(28)24-14-29-20(18)25-26-27-29/h13-17H,11-12H2,1-10H3/t15-,16+,17+/m0/s1. The SMILES string of the molecule is CC(C)(C)[Si](C)(C)OC[C@H]1O[C@@H](n2cnc3c2ncn2nnnc32)C[C@@H]1O[Si](C)(C)C(C)(C)C. The van der Waals surface area contributed by atoms with Gasteiger partial charge in [0.15, 0.2) is 27.8 Å². The molecule has 4 rings (SSSR count). The summed E-state index contributed by atoms with van der Waals surface area (Å²) in [4.78, 5) is 9.10. The van der Waals surface area contributed by atoms with E-state index in [2.05, 4.69) is 93.2 Å². The Morgan fingerprint density at radius 1 is 0.971 bits per heavy atom. The van der Waals surface area contributed by atoms with Gasteiger partial charge in [0.2, 0.25) is 5.65 Å². The van der Waals surface area contributed by atoms with Crippen LogP contribution in [-0.2, 0) is 13.6 Å². The Bertz CT molecular complexity index is 1160. The summed E-state index contributed by atoms with van der Waals surface area (Å²) in [5.41, 5.74) is 1.93. The lowest BCUT2D eigenvalue weighted by molar-refractivity contribution is -0.0383. The van der Waals surface area contributed by atoms with Crippen molar-refractivity contribution in [3.8, 4) is 0 Å². The van der Waals surface area contributed by atoms with Crippen molar-refractivity contribution in [3.05, 3.63) is 12.7 Å². The van der Waals surface area contributed by atoms with Crippen LogP contribution in [0.25, 0.3) is 16.8 Å². The van der Waals surface area contributed by atoms with Crippen LogP contribution in [-0.4, -0.2) is 70.0 Å². The van der Waals surface area contributed by atoms with Gasteiger partial charge in [0, 0.05) is 6.42 Å². The first-order chi connectivity index (χ1) is 15.6. The summed E-state index contributed by atoms with van der Waals surface area (Å²) in [5, 5.41) is 12.0. The largest absolute Gasteiger partial charge is 0.414 e. The number of imidazole rings is 1. The van der Waals surface area contributed by atoms with Gasteiger partial charge in [-0.3, -0.25) is 4.57 Å². The molecule has 0 unspecified atom stereocenters. The first kappa shape index (κ1) is 25.4. The first-order valence-corrected chi connectivity index (χ1v) is 17.8. The van der Waals surface area contributed by atoms with E-state index in [0.29, 0.717) is 29.8 Å². The van der Waals surface area contributed by atoms with E-state index < -0.39 is 16.6 Å². The smallest absolute Gasteiger partial charge is 0.210 e. The van der Waals surface area contributed by atoms with E-state index in [1.54, 1.807) is 12.7 Å². The Morgan fingerprint density at radius 3 is 2.29 bits per heavy atom. The summed E-state index contributed by atoms with van der Waals surface area (Å²) < 4.78 is 23.6. The minimum atomic E-state index is -2.01. The zero-order chi connectivity index (χ0) is 25.1. The molecule has 0 N–H and O–H groups in total. The average Bonchev–Trinajstić information content (AvgIpc) is 3.41. The fraction of sp³-hybridized carbons (Fsp3) is 0.773. The van der Waals surface area contributed by atoms with Crippen LogP contribution in [0.3, 0.4) is 0 Å². The maximum absolute atomic E-state index is 6.88. The Balaban J connectivity index is 1.62. The number of tetrazole rings is 1. The molecule has 4 heterocycles. The summed E-state index contributed by atoms with van der Waals surface area (Å²) in [7, 11) is -3.95. The Kier molecular flexibility index (Phi) is 6.29. The van der Waals surface area contributed by atoms with E-state index >= 15 is 0 Å². The van der Waals surface area contributed by atoms with Gasteiger partial charge in [-0.1, -0.05) is 41.5 Å². The zero-order valence-corrected chi connectivity index (χ0v) is 24.2. The third-order valence-corrected chi connectivity index (χ3v) is 16.9. The van der Waals surface area contributed by atoms with Crippen molar-refractivity contribution in [2.24, 2.45) is 0 Å². The average molecular weight is 506 g/mol. The summed E-state index contributed by atoms with van der Waals surface area (Å²) in [6, 6.07) is 0. The highest BCUT2D eigenvalue weighted by molar-refractivity contribution is 6.74. The molecule has 3 aromatic rings. The van der Waals surface area contributed by atoms with Crippen molar-refractivity contribution < 1.29 is 13.6 Å². The van der Waals surface area contributed by atoms with E-state index in [-0.39, 0.29) is 28.5 Å². The highest BCUT2D eigenvalue weighted by Gasteiger charge is 2.46.